The summed E-state index contributed by atoms with van der Waals surface area (Å²) in [6.45, 7) is 15.9. The fourth-order valence-corrected chi connectivity index (χ4v) is 5.60. The Morgan fingerprint density at radius 1 is 1.20 bits per heavy atom. The van der Waals surface area contributed by atoms with E-state index < -0.39 is 0 Å². The Labute approximate surface area is 183 Å². The van der Waals surface area contributed by atoms with E-state index in [2.05, 4.69) is 46.4 Å². The molecular formula is C24H34N4OS. The second kappa shape index (κ2) is 8.39. The van der Waals surface area contributed by atoms with E-state index in [1.807, 2.05) is 0 Å². The highest BCUT2D eigenvalue weighted by molar-refractivity contribution is 7.26. The largest absolute Gasteiger partial charge is 0.370 e. The molecule has 4 rings (SSSR count). The molecule has 6 heteroatoms. The average molecular weight is 427 g/mol. The number of unbranched alkanes of at least 4 members (excludes halogenated alkanes) is 1. The lowest BCUT2D eigenvalue weighted by molar-refractivity contribution is -0.0402. The normalized spacial score (nSPS) is 15.8. The van der Waals surface area contributed by atoms with Gasteiger partial charge in [0.1, 0.15) is 17.0 Å². The van der Waals surface area contributed by atoms with Crippen LogP contribution in [0.15, 0.2) is 6.33 Å². The highest BCUT2D eigenvalue weighted by Crippen LogP contribution is 2.43. The molecule has 5 nitrogen and oxygen atoms in total. The van der Waals surface area contributed by atoms with Gasteiger partial charge in [0.15, 0.2) is 0 Å². The van der Waals surface area contributed by atoms with Crippen LogP contribution in [0.1, 0.15) is 71.2 Å². The molecule has 0 unspecified atom stereocenters. The SMILES string of the molecule is CCCCN(CC)c1ncnc2c1sc1nc(CC(C)C)c3c(c12)CC(C)(C)OC3. The fraction of sp³-hybridized carbons (Fsp3) is 0.625. The van der Waals surface area contributed by atoms with Crippen molar-refractivity contribution in [3.63, 3.8) is 0 Å². The monoisotopic (exact) mass is 426 g/mol. The summed E-state index contributed by atoms with van der Waals surface area (Å²) in [4.78, 5) is 18.1. The van der Waals surface area contributed by atoms with E-state index in [9.17, 15) is 0 Å². The van der Waals surface area contributed by atoms with Gasteiger partial charge < -0.3 is 9.64 Å². The minimum Gasteiger partial charge on any atom is -0.370 e. The predicted molar refractivity (Wildman–Crippen MR) is 127 cm³/mol. The Morgan fingerprint density at radius 2 is 2.00 bits per heavy atom. The van der Waals surface area contributed by atoms with Gasteiger partial charge in [-0.05, 0) is 45.1 Å². The number of hydrogen-bond donors (Lipinski definition) is 0. The molecule has 0 saturated carbocycles. The smallest absolute Gasteiger partial charge is 0.150 e. The van der Waals surface area contributed by atoms with Gasteiger partial charge in [0, 0.05) is 36.2 Å². The third kappa shape index (κ3) is 3.92. The minimum absolute atomic E-state index is 0.170. The number of aromatic nitrogens is 3. The number of ether oxygens (including phenoxy) is 1. The lowest BCUT2D eigenvalue weighted by Crippen LogP contribution is -2.33. The van der Waals surface area contributed by atoms with E-state index in [-0.39, 0.29) is 5.60 Å². The third-order valence-electron chi connectivity index (χ3n) is 5.96. The van der Waals surface area contributed by atoms with Gasteiger partial charge in [-0.3, -0.25) is 0 Å². The summed E-state index contributed by atoms with van der Waals surface area (Å²) < 4.78 is 7.37. The van der Waals surface area contributed by atoms with Crippen LogP contribution in [0.2, 0.25) is 0 Å². The topological polar surface area (TPSA) is 51.1 Å². The molecule has 30 heavy (non-hydrogen) atoms. The zero-order valence-corrected chi connectivity index (χ0v) is 20.0. The van der Waals surface area contributed by atoms with Gasteiger partial charge in [0.05, 0.1) is 22.4 Å². The highest BCUT2D eigenvalue weighted by Gasteiger charge is 2.32. The van der Waals surface area contributed by atoms with Crippen LogP contribution >= 0.6 is 11.3 Å². The predicted octanol–water partition coefficient (Wildman–Crippen LogP) is 5.92. The summed E-state index contributed by atoms with van der Waals surface area (Å²) in [6.07, 6.45) is 5.95. The number of rotatable bonds is 7. The van der Waals surface area contributed by atoms with Gasteiger partial charge in [-0.2, -0.15) is 0 Å². The lowest BCUT2D eigenvalue weighted by Gasteiger charge is -2.33. The molecule has 0 saturated heterocycles. The third-order valence-corrected chi connectivity index (χ3v) is 7.03. The molecule has 0 N–H and O–H groups in total. The van der Waals surface area contributed by atoms with E-state index in [1.54, 1.807) is 17.7 Å². The molecule has 0 fully saturated rings. The summed E-state index contributed by atoms with van der Waals surface area (Å²) in [5, 5.41) is 1.23. The van der Waals surface area contributed by atoms with Crippen molar-refractivity contribution in [2.45, 2.75) is 79.4 Å². The zero-order chi connectivity index (χ0) is 21.5. The van der Waals surface area contributed by atoms with Crippen LogP contribution in [0.3, 0.4) is 0 Å². The maximum absolute atomic E-state index is 6.20. The molecule has 4 heterocycles. The van der Waals surface area contributed by atoms with Crippen LogP contribution in [-0.2, 0) is 24.2 Å². The molecule has 0 spiro atoms. The second-order valence-electron chi connectivity index (χ2n) is 9.43. The fourth-order valence-electron chi connectivity index (χ4n) is 4.40. The van der Waals surface area contributed by atoms with Crippen molar-refractivity contribution in [3.05, 3.63) is 23.1 Å². The first kappa shape index (κ1) is 21.4. The highest BCUT2D eigenvalue weighted by atomic mass is 32.1. The Morgan fingerprint density at radius 3 is 2.70 bits per heavy atom. The zero-order valence-electron chi connectivity index (χ0n) is 19.2. The first-order valence-corrected chi connectivity index (χ1v) is 12.1. The maximum Gasteiger partial charge on any atom is 0.150 e. The summed E-state index contributed by atoms with van der Waals surface area (Å²) >= 11 is 1.76. The Kier molecular flexibility index (Phi) is 5.99. The van der Waals surface area contributed by atoms with Gasteiger partial charge in [0.25, 0.3) is 0 Å². The molecule has 0 aromatic carbocycles. The minimum atomic E-state index is -0.170. The standard InChI is InChI=1S/C24H34N4OS/c1-7-9-10-28(8-2)22-21-20(25-14-26-22)19-16-12-24(5,6)29-13-17(16)18(11-15(3)4)27-23(19)30-21/h14-15H,7-13H2,1-6H3. The molecule has 0 aliphatic carbocycles. The Balaban J connectivity index is 1.96. The van der Waals surface area contributed by atoms with Crippen molar-refractivity contribution in [3.8, 4) is 0 Å². The first-order valence-electron chi connectivity index (χ1n) is 11.3. The Bertz CT molecular complexity index is 1060. The number of hydrogen-bond acceptors (Lipinski definition) is 6. The maximum atomic E-state index is 6.20. The second-order valence-corrected chi connectivity index (χ2v) is 10.4. The van der Waals surface area contributed by atoms with Crippen LogP contribution in [0.25, 0.3) is 20.4 Å². The van der Waals surface area contributed by atoms with Crippen molar-refractivity contribution >= 4 is 37.6 Å². The van der Waals surface area contributed by atoms with Crippen LogP contribution in [0.5, 0.6) is 0 Å². The van der Waals surface area contributed by atoms with E-state index in [4.69, 9.17) is 19.7 Å². The summed E-state index contributed by atoms with van der Waals surface area (Å²) in [5.74, 6) is 1.62. The molecule has 1 aliphatic heterocycles. The van der Waals surface area contributed by atoms with Crippen LogP contribution < -0.4 is 4.90 Å². The summed E-state index contributed by atoms with van der Waals surface area (Å²) in [5.41, 5.74) is 4.76. The van der Waals surface area contributed by atoms with Crippen LogP contribution in [-0.4, -0.2) is 33.6 Å². The van der Waals surface area contributed by atoms with Crippen LogP contribution in [0.4, 0.5) is 5.82 Å². The number of nitrogens with zero attached hydrogens (tertiary/aromatic N) is 4. The van der Waals surface area contributed by atoms with Gasteiger partial charge in [0.2, 0.25) is 0 Å². The van der Waals surface area contributed by atoms with Crippen molar-refractivity contribution in [2.24, 2.45) is 5.92 Å². The van der Waals surface area contributed by atoms with Crippen molar-refractivity contribution < 1.29 is 4.74 Å². The van der Waals surface area contributed by atoms with Gasteiger partial charge >= 0.3 is 0 Å². The van der Waals surface area contributed by atoms with Crippen molar-refractivity contribution in [2.75, 3.05) is 18.0 Å². The summed E-state index contributed by atoms with van der Waals surface area (Å²) in [6, 6.07) is 0. The van der Waals surface area contributed by atoms with E-state index in [1.165, 1.54) is 39.7 Å². The van der Waals surface area contributed by atoms with Gasteiger partial charge in [-0.25, -0.2) is 15.0 Å². The molecule has 1 aliphatic rings. The van der Waals surface area contributed by atoms with E-state index in [0.717, 1.165) is 42.1 Å². The van der Waals surface area contributed by atoms with Crippen molar-refractivity contribution in [1.29, 1.82) is 0 Å². The quantitative estimate of drug-likeness (QED) is 0.470. The molecule has 3 aromatic rings. The molecule has 162 valence electrons. The van der Waals surface area contributed by atoms with E-state index >= 15 is 0 Å². The molecule has 0 bridgehead atoms. The van der Waals surface area contributed by atoms with Gasteiger partial charge in [-0.1, -0.05) is 27.2 Å². The molecule has 0 amide bonds. The lowest BCUT2D eigenvalue weighted by atomic mass is 9.88. The molecule has 3 aromatic heterocycles. The number of thiophene rings is 1. The van der Waals surface area contributed by atoms with Crippen LogP contribution in [0, 0.1) is 5.92 Å². The summed E-state index contributed by atoms with van der Waals surface area (Å²) in [7, 11) is 0. The molecule has 0 atom stereocenters. The average Bonchev–Trinajstić information content (AvgIpc) is 3.06. The molecule has 0 radical (unpaired) electrons. The first-order chi connectivity index (χ1) is 14.3. The number of pyridine rings is 1. The van der Waals surface area contributed by atoms with E-state index in [0.29, 0.717) is 12.5 Å². The van der Waals surface area contributed by atoms with Crippen molar-refractivity contribution in [1.82, 2.24) is 15.0 Å². The number of anilines is 1. The van der Waals surface area contributed by atoms with Gasteiger partial charge in [-0.15, -0.1) is 11.3 Å². The molecular weight excluding hydrogens is 392 g/mol. The Hall–Kier alpha value is -1.79. The number of fused-ring (bicyclic) bond motifs is 5.